The fourth-order valence-electron chi connectivity index (χ4n) is 1.92. The first-order valence-corrected chi connectivity index (χ1v) is 5.83. The first-order chi connectivity index (χ1) is 9.24. The molecule has 96 valence electrons. The number of imidazole rings is 1. The van der Waals surface area contributed by atoms with Crippen LogP contribution in [0.3, 0.4) is 0 Å². The van der Waals surface area contributed by atoms with Gasteiger partial charge in [-0.3, -0.25) is 4.40 Å². The number of aromatic nitrogens is 2. The van der Waals surface area contributed by atoms with Gasteiger partial charge in [0.1, 0.15) is 29.6 Å². The van der Waals surface area contributed by atoms with Gasteiger partial charge in [-0.2, -0.15) is 0 Å². The summed E-state index contributed by atoms with van der Waals surface area (Å²) < 4.78 is 20.2. The number of hydrogen-bond donors (Lipinski definition) is 1. The van der Waals surface area contributed by atoms with Crippen molar-refractivity contribution in [3.05, 3.63) is 60.2 Å². The molecule has 3 rings (SSSR count). The average molecular weight is 257 g/mol. The van der Waals surface area contributed by atoms with Gasteiger partial charge >= 0.3 is 0 Å². The van der Waals surface area contributed by atoms with Gasteiger partial charge in [0.15, 0.2) is 0 Å². The van der Waals surface area contributed by atoms with Crippen molar-refractivity contribution in [3.8, 4) is 5.75 Å². The Morgan fingerprint density at radius 1 is 1.16 bits per heavy atom. The molecule has 5 heteroatoms. The largest absolute Gasteiger partial charge is 0.487 e. The lowest BCUT2D eigenvalue weighted by Gasteiger charge is -2.07. The van der Waals surface area contributed by atoms with Crippen LogP contribution >= 0.6 is 0 Å². The number of halogens is 1. The molecule has 3 aromatic rings. The Labute approximate surface area is 109 Å². The van der Waals surface area contributed by atoms with Gasteiger partial charge in [0.2, 0.25) is 0 Å². The Morgan fingerprint density at radius 3 is 2.74 bits per heavy atom. The molecule has 0 unspecified atom stereocenters. The minimum atomic E-state index is -0.286. The summed E-state index contributed by atoms with van der Waals surface area (Å²) in [5.41, 5.74) is 7.53. The molecule has 2 heterocycles. The molecule has 4 nitrogen and oxygen atoms in total. The number of nitrogen functional groups attached to an aromatic ring is 1. The zero-order valence-electron chi connectivity index (χ0n) is 10.1. The summed E-state index contributed by atoms with van der Waals surface area (Å²) in [6.45, 7) is 0.320. The van der Waals surface area contributed by atoms with Gasteiger partial charge in [-0.1, -0.05) is 6.07 Å². The van der Waals surface area contributed by atoms with Gasteiger partial charge in [0.05, 0.1) is 11.9 Å². The molecule has 0 saturated heterocycles. The topological polar surface area (TPSA) is 52.5 Å². The van der Waals surface area contributed by atoms with Crippen LogP contribution < -0.4 is 10.5 Å². The lowest BCUT2D eigenvalue weighted by molar-refractivity contribution is 0.300. The highest BCUT2D eigenvalue weighted by atomic mass is 19.1. The second kappa shape index (κ2) is 4.61. The molecule has 0 amide bonds. The van der Waals surface area contributed by atoms with Crippen LogP contribution in [0.4, 0.5) is 10.2 Å². The number of anilines is 1. The lowest BCUT2D eigenvalue weighted by atomic mass is 10.3. The fraction of sp³-hybridized carbons (Fsp3) is 0.0714. The maximum atomic E-state index is 12.8. The summed E-state index contributed by atoms with van der Waals surface area (Å²) in [6, 6.07) is 11.4. The van der Waals surface area contributed by atoms with E-state index in [0.29, 0.717) is 18.2 Å². The summed E-state index contributed by atoms with van der Waals surface area (Å²) in [4.78, 5) is 4.25. The third-order valence-corrected chi connectivity index (χ3v) is 2.83. The second-order valence-electron chi connectivity index (χ2n) is 4.14. The Bertz CT molecular complexity index is 706. The van der Waals surface area contributed by atoms with Gasteiger partial charge < -0.3 is 10.5 Å². The van der Waals surface area contributed by atoms with Crippen LogP contribution in [0.2, 0.25) is 0 Å². The van der Waals surface area contributed by atoms with Crippen molar-refractivity contribution < 1.29 is 9.13 Å². The molecule has 0 aliphatic carbocycles. The quantitative estimate of drug-likeness (QED) is 0.784. The molecule has 0 radical (unpaired) electrons. The molecule has 0 spiro atoms. The van der Waals surface area contributed by atoms with Gasteiger partial charge in [-0.25, -0.2) is 9.37 Å². The normalized spacial score (nSPS) is 10.8. The van der Waals surface area contributed by atoms with Gasteiger partial charge in [0, 0.05) is 0 Å². The van der Waals surface area contributed by atoms with E-state index in [9.17, 15) is 4.39 Å². The highest BCUT2D eigenvalue weighted by Crippen LogP contribution is 2.16. The van der Waals surface area contributed by atoms with Crippen molar-refractivity contribution in [1.29, 1.82) is 0 Å². The van der Waals surface area contributed by atoms with E-state index < -0.39 is 0 Å². The molecule has 0 atom stereocenters. The smallest absolute Gasteiger partial charge is 0.138 e. The van der Waals surface area contributed by atoms with Crippen LogP contribution in [0.5, 0.6) is 5.75 Å². The van der Waals surface area contributed by atoms with Crippen LogP contribution in [0.25, 0.3) is 5.65 Å². The summed E-state index contributed by atoms with van der Waals surface area (Å²) in [5.74, 6) is 0.921. The molecular weight excluding hydrogens is 245 g/mol. The van der Waals surface area contributed by atoms with Crippen LogP contribution in [0, 0.1) is 5.82 Å². The summed E-state index contributed by atoms with van der Waals surface area (Å²) in [6.07, 6.45) is 1.72. The van der Waals surface area contributed by atoms with Crippen LogP contribution in [-0.4, -0.2) is 9.38 Å². The second-order valence-corrected chi connectivity index (χ2v) is 4.14. The number of ether oxygens (including phenoxy) is 1. The molecule has 0 aliphatic rings. The Morgan fingerprint density at radius 2 is 1.95 bits per heavy atom. The lowest BCUT2D eigenvalue weighted by Crippen LogP contribution is -2.03. The maximum Gasteiger partial charge on any atom is 0.138 e. The highest BCUT2D eigenvalue weighted by Gasteiger charge is 2.06. The Kier molecular flexibility index (Phi) is 2.79. The number of benzene rings is 1. The molecule has 2 N–H and O–H groups in total. The summed E-state index contributed by atoms with van der Waals surface area (Å²) >= 11 is 0. The maximum absolute atomic E-state index is 12.8. The third-order valence-electron chi connectivity index (χ3n) is 2.83. The van der Waals surface area contributed by atoms with E-state index in [1.165, 1.54) is 12.1 Å². The van der Waals surface area contributed by atoms with Gasteiger partial charge in [-0.15, -0.1) is 0 Å². The summed E-state index contributed by atoms with van der Waals surface area (Å²) in [5, 5.41) is 0. The molecule has 1 aromatic carbocycles. The molecule has 19 heavy (non-hydrogen) atoms. The van der Waals surface area contributed by atoms with E-state index in [2.05, 4.69) is 4.98 Å². The van der Waals surface area contributed by atoms with E-state index in [0.717, 1.165) is 11.3 Å². The number of nitrogens with zero attached hydrogens (tertiary/aromatic N) is 2. The van der Waals surface area contributed by atoms with Gasteiger partial charge in [-0.05, 0) is 36.4 Å². The summed E-state index contributed by atoms with van der Waals surface area (Å²) in [7, 11) is 0. The standard InChI is InChI=1S/C14H12FN3O/c15-10-4-6-12(7-5-10)19-9-11-8-17-14-3-1-2-13(16)18(11)14/h1-8H,9,16H2. The number of fused-ring (bicyclic) bond motifs is 1. The van der Waals surface area contributed by atoms with E-state index in [1.807, 2.05) is 16.5 Å². The fourth-order valence-corrected chi connectivity index (χ4v) is 1.92. The predicted molar refractivity (Wildman–Crippen MR) is 70.3 cm³/mol. The molecule has 0 saturated carbocycles. The molecule has 2 aromatic heterocycles. The molecule has 0 fully saturated rings. The van der Waals surface area contributed by atoms with Crippen molar-refractivity contribution in [2.45, 2.75) is 6.61 Å². The monoisotopic (exact) mass is 257 g/mol. The van der Waals surface area contributed by atoms with Crippen LogP contribution in [0.1, 0.15) is 5.69 Å². The van der Waals surface area contributed by atoms with Crippen LogP contribution in [0.15, 0.2) is 48.7 Å². The van der Waals surface area contributed by atoms with Crippen LogP contribution in [-0.2, 0) is 6.61 Å². The molecule has 0 bridgehead atoms. The average Bonchev–Trinajstić information content (AvgIpc) is 2.83. The number of nitrogens with two attached hydrogens (primary N) is 1. The minimum absolute atomic E-state index is 0.286. The number of pyridine rings is 1. The number of hydrogen-bond acceptors (Lipinski definition) is 3. The zero-order chi connectivity index (χ0) is 13.2. The van der Waals surface area contributed by atoms with E-state index in [1.54, 1.807) is 24.4 Å². The van der Waals surface area contributed by atoms with Crippen molar-refractivity contribution in [2.24, 2.45) is 0 Å². The molecule has 0 aliphatic heterocycles. The van der Waals surface area contributed by atoms with Crippen molar-refractivity contribution in [3.63, 3.8) is 0 Å². The van der Waals surface area contributed by atoms with Crippen molar-refractivity contribution >= 4 is 11.5 Å². The van der Waals surface area contributed by atoms with Gasteiger partial charge in [0.25, 0.3) is 0 Å². The third kappa shape index (κ3) is 2.22. The predicted octanol–water partition coefficient (Wildman–Crippen LogP) is 2.63. The van der Waals surface area contributed by atoms with E-state index >= 15 is 0 Å². The Hall–Kier alpha value is -2.56. The van der Waals surface area contributed by atoms with Crippen molar-refractivity contribution in [1.82, 2.24) is 9.38 Å². The molecular formula is C14H12FN3O. The van der Waals surface area contributed by atoms with Crippen molar-refractivity contribution in [2.75, 3.05) is 5.73 Å². The number of rotatable bonds is 3. The van der Waals surface area contributed by atoms with E-state index in [-0.39, 0.29) is 5.82 Å². The zero-order valence-corrected chi connectivity index (χ0v) is 10.1. The Balaban J connectivity index is 1.84. The first-order valence-electron chi connectivity index (χ1n) is 5.83. The first kappa shape index (κ1) is 11.5. The van der Waals surface area contributed by atoms with E-state index in [4.69, 9.17) is 10.5 Å². The highest BCUT2D eigenvalue weighted by molar-refractivity contribution is 5.49. The SMILES string of the molecule is Nc1cccc2ncc(COc3ccc(F)cc3)n12. The minimum Gasteiger partial charge on any atom is -0.487 e.